The molecule has 0 radical (unpaired) electrons. The molecule has 0 spiro atoms. The minimum Gasteiger partial charge on any atom is -0.508 e. The molecule has 0 amide bonds. The van der Waals surface area contributed by atoms with Gasteiger partial charge in [-0.2, -0.15) is 0 Å². The fraction of sp³-hybridized carbons (Fsp3) is 0.500. The van der Waals surface area contributed by atoms with Crippen molar-refractivity contribution < 1.29 is 13.5 Å². The molecule has 3 rings (SSSR count). The zero-order valence-electron chi connectivity index (χ0n) is 9.86. The molecule has 2 aliphatic rings. The second kappa shape index (κ2) is 3.86. The summed E-state index contributed by atoms with van der Waals surface area (Å²) in [6.45, 7) is 0.335. The summed E-state index contributed by atoms with van der Waals surface area (Å²) in [6, 6.07) is 6.74. The lowest BCUT2D eigenvalue weighted by Gasteiger charge is -2.36. The fourth-order valence-electron chi connectivity index (χ4n) is 3.21. The summed E-state index contributed by atoms with van der Waals surface area (Å²) in [5.41, 5.74) is 6.68. The molecule has 3 N–H and O–H groups in total. The molecule has 2 bridgehead atoms. The first-order chi connectivity index (χ1) is 8.53. The number of phenols is 1. The lowest BCUT2D eigenvalue weighted by molar-refractivity contribution is 0.475. The lowest BCUT2D eigenvalue weighted by atomic mass is 10.2. The molecular formula is C12H16N2O3S. The summed E-state index contributed by atoms with van der Waals surface area (Å²) < 4.78 is 23.8. The smallest absolute Gasteiger partial charge is 0.157 e. The van der Waals surface area contributed by atoms with Crippen molar-refractivity contribution in [3.8, 4) is 5.75 Å². The number of anilines is 1. The van der Waals surface area contributed by atoms with Crippen LogP contribution >= 0.6 is 0 Å². The van der Waals surface area contributed by atoms with E-state index in [0.717, 1.165) is 5.69 Å². The van der Waals surface area contributed by atoms with Crippen LogP contribution in [0.1, 0.15) is 6.42 Å². The third-order valence-corrected chi connectivity index (χ3v) is 6.24. The first-order valence-electron chi connectivity index (χ1n) is 6.02. The summed E-state index contributed by atoms with van der Waals surface area (Å²) in [5, 5.41) is 8.97. The molecule has 3 atom stereocenters. The van der Waals surface area contributed by atoms with Gasteiger partial charge in [0, 0.05) is 18.3 Å². The molecule has 2 heterocycles. The van der Waals surface area contributed by atoms with Crippen LogP contribution in [-0.2, 0) is 9.84 Å². The molecule has 1 aromatic rings. The number of rotatable bonds is 2. The Labute approximate surface area is 106 Å². The number of fused-ring (bicyclic) bond motifs is 2. The summed E-state index contributed by atoms with van der Waals surface area (Å²) in [4.78, 5) is 2.10. The molecule has 3 unspecified atom stereocenters. The molecule has 98 valence electrons. The van der Waals surface area contributed by atoms with Crippen molar-refractivity contribution >= 4 is 15.5 Å². The van der Waals surface area contributed by atoms with Crippen molar-refractivity contribution in [2.75, 3.05) is 17.2 Å². The van der Waals surface area contributed by atoms with Crippen LogP contribution in [0.4, 0.5) is 5.69 Å². The Hall–Kier alpha value is -1.27. The predicted molar refractivity (Wildman–Crippen MR) is 69.4 cm³/mol. The molecular weight excluding hydrogens is 252 g/mol. The summed E-state index contributed by atoms with van der Waals surface area (Å²) >= 11 is 0. The first-order valence-corrected chi connectivity index (χ1v) is 7.73. The van der Waals surface area contributed by atoms with Crippen molar-refractivity contribution in [1.82, 2.24) is 0 Å². The highest BCUT2D eigenvalue weighted by Gasteiger charge is 2.54. The van der Waals surface area contributed by atoms with Gasteiger partial charge in [0.05, 0.1) is 17.0 Å². The quantitative estimate of drug-likeness (QED) is 0.794. The normalized spacial score (nSPS) is 32.9. The number of hydrogen-bond acceptors (Lipinski definition) is 5. The van der Waals surface area contributed by atoms with Crippen LogP contribution in [0, 0.1) is 0 Å². The number of hydrogen-bond donors (Lipinski definition) is 2. The standard InChI is InChI=1S/C12H16N2O3S/c13-6-11-12-5-9(7-18(12,16)17)14(11)8-1-3-10(15)4-2-8/h1-4,9,11-12,15H,5-7,13H2. The Balaban J connectivity index is 1.97. The molecule has 2 fully saturated rings. The number of phenolic OH excluding ortho intramolecular Hbond substituents is 1. The largest absolute Gasteiger partial charge is 0.508 e. The SMILES string of the molecule is NCC1C2CC(CS2(=O)=O)N1c1ccc(O)cc1. The second-order valence-corrected chi connectivity index (χ2v) is 7.25. The van der Waals surface area contributed by atoms with Crippen LogP contribution in [0.15, 0.2) is 24.3 Å². The van der Waals surface area contributed by atoms with Crippen molar-refractivity contribution in [3.05, 3.63) is 24.3 Å². The van der Waals surface area contributed by atoms with E-state index in [4.69, 9.17) is 5.73 Å². The third kappa shape index (κ3) is 1.59. The Bertz CT molecular complexity index is 555. The molecule has 5 nitrogen and oxygen atoms in total. The maximum atomic E-state index is 11.9. The Morgan fingerprint density at radius 3 is 2.61 bits per heavy atom. The molecule has 1 aromatic carbocycles. The van der Waals surface area contributed by atoms with Crippen molar-refractivity contribution in [2.45, 2.75) is 23.8 Å². The Morgan fingerprint density at radius 1 is 1.33 bits per heavy atom. The van der Waals surface area contributed by atoms with E-state index in [0.29, 0.717) is 13.0 Å². The zero-order valence-corrected chi connectivity index (χ0v) is 10.7. The van der Waals surface area contributed by atoms with Gasteiger partial charge in [-0.3, -0.25) is 0 Å². The molecule has 2 aliphatic heterocycles. The van der Waals surface area contributed by atoms with Gasteiger partial charge in [0.2, 0.25) is 0 Å². The lowest BCUT2D eigenvalue weighted by Crippen LogP contribution is -2.52. The topological polar surface area (TPSA) is 83.6 Å². The van der Waals surface area contributed by atoms with Crippen LogP contribution < -0.4 is 10.6 Å². The van der Waals surface area contributed by atoms with Crippen LogP contribution in [0.25, 0.3) is 0 Å². The first kappa shape index (κ1) is 11.8. The van der Waals surface area contributed by atoms with E-state index < -0.39 is 9.84 Å². The molecule has 2 saturated heterocycles. The number of nitrogens with two attached hydrogens (primary N) is 1. The van der Waals surface area contributed by atoms with E-state index in [-0.39, 0.29) is 28.8 Å². The van der Waals surface area contributed by atoms with Gasteiger partial charge in [0.1, 0.15) is 5.75 Å². The van der Waals surface area contributed by atoms with Gasteiger partial charge in [0.25, 0.3) is 0 Å². The van der Waals surface area contributed by atoms with Gasteiger partial charge in [-0.1, -0.05) is 0 Å². The fourth-order valence-corrected chi connectivity index (χ4v) is 5.52. The molecule has 0 aliphatic carbocycles. The van der Waals surface area contributed by atoms with Gasteiger partial charge in [0.15, 0.2) is 9.84 Å². The van der Waals surface area contributed by atoms with E-state index in [2.05, 4.69) is 4.90 Å². The monoisotopic (exact) mass is 268 g/mol. The van der Waals surface area contributed by atoms with Gasteiger partial charge in [-0.05, 0) is 30.7 Å². The maximum absolute atomic E-state index is 11.9. The van der Waals surface area contributed by atoms with Gasteiger partial charge in [-0.15, -0.1) is 0 Å². The summed E-state index contributed by atoms with van der Waals surface area (Å²) in [5.74, 6) is 0.426. The third-order valence-electron chi connectivity index (χ3n) is 3.96. The van der Waals surface area contributed by atoms with E-state index in [1.54, 1.807) is 12.1 Å². The van der Waals surface area contributed by atoms with E-state index >= 15 is 0 Å². The minimum atomic E-state index is -2.97. The molecule has 0 aromatic heterocycles. The van der Waals surface area contributed by atoms with Gasteiger partial charge >= 0.3 is 0 Å². The summed E-state index contributed by atoms with van der Waals surface area (Å²) in [7, 11) is -2.97. The van der Waals surface area contributed by atoms with E-state index in [1.807, 2.05) is 12.1 Å². The molecule has 6 heteroatoms. The highest BCUT2D eigenvalue weighted by molar-refractivity contribution is 7.92. The van der Waals surface area contributed by atoms with Crippen LogP contribution in [0.5, 0.6) is 5.75 Å². The average molecular weight is 268 g/mol. The van der Waals surface area contributed by atoms with Gasteiger partial charge in [-0.25, -0.2) is 8.42 Å². The second-order valence-electron chi connectivity index (χ2n) is 4.98. The van der Waals surface area contributed by atoms with Crippen LogP contribution in [-0.4, -0.2) is 43.2 Å². The highest BCUT2D eigenvalue weighted by Crippen LogP contribution is 2.40. The van der Waals surface area contributed by atoms with Gasteiger partial charge < -0.3 is 15.7 Å². The van der Waals surface area contributed by atoms with Crippen LogP contribution in [0.3, 0.4) is 0 Å². The van der Waals surface area contributed by atoms with Crippen molar-refractivity contribution in [3.63, 3.8) is 0 Å². The van der Waals surface area contributed by atoms with Crippen LogP contribution in [0.2, 0.25) is 0 Å². The van der Waals surface area contributed by atoms with Crippen molar-refractivity contribution in [2.24, 2.45) is 5.73 Å². The molecule has 0 saturated carbocycles. The average Bonchev–Trinajstić information content (AvgIpc) is 2.82. The number of aromatic hydroxyl groups is 1. The Morgan fingerprint density at radius 2 is 2.00 bits per heavy atom. The van der Waals surface area contributed by atoms with E-state index in [9.17, 15) is 13.5 Å². The highest BCUT2D eigenvalue weighted by atomic mass is 32.2. The zero-order chi connectivity index (χ0) is 12.9. The summed E-state index contributed by atoms with van der Waals surface area (Å²) in [6.07, 6.45) is 0.672. The minimum absolute atomic E-state index is 0.0260. The predicted octanol–water partition coefficient (Wildman–Crippen LogP) is 0.0952. The van der Waals surface area contributed by atoms with Crippen molar-refractivity contribution in [1.29, 1.82) is 0 Å². The van der Waals surface area contributed by atoms with E-state index in [1.165, 1.54) is 0 Å². The number of nitrogens with zero attached hydrogens (tertiary/aromatic N) is 1. The maximum Gasteiger partial charge on any atom is 0.157 e. The Kier molecular flexibility index (Phi) is 2.53. The molecule has 18 heavy (non-hydrogen) atoms. The number of sulfone groups is 1. The number of benzene rings is 1.